The predicted octanol–water partition coefficient (Wildman–Crippen LogP) is 5.05. The molecule has 22 heavy (non-hydrogen) atoms. The van der Waals surface area contributed by atoms with E-state index in [4.69, 9.17) is 0 Å². The Balaban J connectivity index is 2.87. The number of hydrogen-bond acceptors (Lipinski definition) is 1. The van der Waals surface area contributed by atoms with Gasteiger partial charge in [0.15, 0.2) is 0 Å². The van der Waals surface area contributed by atoms with Crippen LogP contribution < -0.4 is 0 Å². The fourth-order valence-electron chi connectivity index (χ4n) is 3.07. The summed E-state index contributed by atoms with van der Waals surface area (Å²) < 4.78 is 2.38. The minimum absolute atomic E-state index is 0.0924. The van der Waals surface area contributed by atoms with Crippen molar-refractivity contribution in [2.45, 2.75) is 66.3 Å². The number of hydrogen-bond donors (Lipinski definition) is 1. The quantitative estimate of drug-likeness (QED) is 0.858. The first kappa shape index (κ1) is 16.6. The molecule has 0 unspecified atom stereocenters. The van der Waals surface area contributed by atoms with Crippen LogP contribution in [0.3, 0.4) is 0 Å². The second kappa shape index (κ2) is 5.79. The van der Waals surface area contributed by atoms with E-state index < -0.39 is 5.97 Å². The normalized spacial score (nSPS) is 12.1. The Kier molecular flexibility index (Phi) is 4.37. The monoisotopic (exact) mass is 301 g/mol. The highest BCUT2D eigenvalue weighted by molar-refractivity contribution is 5.97. The largest absolute Gasteiger partial charge is 0.478 e. The second-order valence-corrected chi connectivity index (χ2v) is 7.19. The number of carboxylic acids is 1. The molecule has 0 saturated heterocycles. The minimum Gasteiger partial charge on any atom is -0.478 e. The molecule has 0 spiro atoms. The summed E-state index contributed by atoms with van der Waals surface area (Å²) in [6.07, 6.45) is 2.28. The average molecular weight is 301 g/mol. The lowest BCUT2D eigenvalue weighted by molar-refractivity contribution is 0.0697. The van der Waals surface area contributed by atoms with E-state index in [0.29, 0.717) is 5.56 Å². The van der Waals surface area contributed by atoms with Gasteiger partial charge in [-0.2, -0.15) is 0 Å². The molecule has 3 nitrogen and oxygen atoms in total. The number of carbonyl (C=O) groups is 1. The summed E-state index contributed by atoms with van der Waals surface area (Å²) in [5.41, 5.74) is 5.06. The van der Waals surface area contributed by atoms with E-state index >= 15 is 0 Å². The molecule has 3 heteroatoms. The molecule has 0 bridgehead atoms. The summed E-state index contributed by atoms with van der Waals surface area (Å²) in [7, 11) is 0. The Morgan fingerprint density at radius 1 is 1.23 bits per heavy atom. The van der Waals surface area contributed by atoms with Crippen molar-refractivity contribution in [3.63, 3.8) is 0 Å². The van der Waals surface area contributed by atoms with Crippen molar-refractivity contribution in [1.82, 2.24) is 4.57 Å². The molecular weight excluding hydrogens is 274 g/mol. The molecule has 2 aromatic rings. The summed E-state index contributed by atoms with van der Waals surface area (Å²) in [4.78, 5) is 11.5. The minimum atomic E-state index is -0.856. The number of fused-ring (bicyclic) bond motifs is 1. The van der Waals surface area contributed by atoms with Crippen LogP contribution in [0.2, 0.25) is 0 Å². The number of aromatic nitrogens is 1. The lowest BCUT2D eigenvalue weighted by Gasteiger charge is -2.23. The second-order valence-electron chi connectivity index (χ2n) is 7.19. The van der Waals surface area contributed by atoms with Crippen LogP contribution >= 0.6 is 0 Å². The first-order valence-electron chi connectivity index (χ1n) is 8.05. The first-order chi connectivity index (χ1) is 10.2. The van der Waals surface area contributed by atoms with Crippen molar-refractivity contribution in [3.8, 4) is 0 Å². The Morgan fingerprint density at radius 2 is 1.86 bits per heavy atom. The molecule has 1 N–H and O–H groups in total. The van der Waals surface area contributed by atoms with Crippen molar-refractivity contribution in [1.29, 1.82) is 0 Å². The van der Waals surface area contributed by atoms with Gasteiger partial charge in [-0.15, -0.1) is 0 Å². The fourth-order valence-corrected chi connectivity index (χ4v) is 3.07. The number of carboxylic acid groups (broad SMARTS) is 1. The number of aromatic carboxylic acids is 1. The number of aryl methyl sites for hydroxylation is 2. The molecule has 0 aliphatic heterocycles. The summed E-state index contributed by atoms with van der Waals surface area (Å²) in [6, 6.07) is 3.68. The molecule has 2 rings (SSSR count). The third kappa shape index (κ3) is 2.77. The maximum atomic E-state index is 11.5. The van der Waals surface area contributed by atoms with Gasteiger partial charge in [-0.05, 0) is 48.9 Å². The number of nitrogens with zero attached hydrogens (tertiary/aromatic N) is 1. The van der Waals surface area contributed by atoms with Crippen LogP contribution in [-0.2, 0) is 12.0 Å². The highest BCUT2D eigenvalue weighted by Gasteiger charge is 2.24. The van der Waals surface area contributed by atoms with Gasteiger partial charge >= 0.3 is 5.97 Å². The van der Waals surface area contributed by atoms with Gasteiger partial charge in [-0.3, -0.25) is 0 Å². The SMILES string of the molecule is CCCCn1c(C)c(C)c2cc(C(=O)O)cc(C(C)(C)C)c21. The molecule has 0 aliphatic carbocycles. The molecule has 1 aromatic heterocycles. The number of rotatable bonds is 4. The molecule has 1 aromatic carbocycles. The van der Waals surface area contributed by atoms with Crippen LogP contribution in [0.1, 0.15) is 67.7 Å². The molecule has 120 valence electrons. The van der Waals surface area contributed by atoms with Crippen LogP contribution in [0.5, 0.6) is 0 Å². The van der Waals surface area contributed by atoms with Gasteiger partial charge in [0.25, 0.3) is 0 Å². The predicted molar refractivity (Wildman–Crippen MR) is 92.0 cm³/mol. The lowest BCUT2D eigenvalue weighted by Crippen LogP contribution is -2.15. The van der Waals surface area contributed by atoms with Gasteiger partial charge < -0.3 is 9.67 Å². The van der Waals surface area contributed by atoms with Crippen LogP contribution in [-0.4, -0.2) is 15.6 Å². The molecule has 0 saturated carbocycles. The van der Waals surface area contributed by atoms with Crippen molar-refractivity contribution in [2.75, 3.05) is 0 Å². The van der Waals surface area contributed by atoms with Crippen molar-refractivity contribution >= 4 is 16.9 Å². The van der Waals surface area contributed by atoms with Crippen molar-refractivity contribution in [3.05, 3.63) is 34.5 Å². The van der Waals surface area contributed by atoms with Crippen LogP contribution in [0.4, 0.5) is 0 Å². The van der Waals surface area contributed by atoms with E-state index in [-0.39, 0.29) is 5.41 Å². The number of unbranched alkanes of at least 4 members (excludes halogenated alkanes) is 1. The zero-order chi connectivity index (χ0) is 16.7. The standard InChI is InChI=1S/C19H27NO2/c1-7-8-9-20-13(3)12(2)15-10-14(18(21)22)11-16(17(15)20)19(4,5)6/h10-11H,7-9H2,1-6H3,(H,21,22). The molecule has 0 atom stereocenters. The fraction of sp³-hybridized carbons (Fsp3) is 0.526. The first-order valence-corrected chi connectivity index (χ1v) is 8.05. The molecular formula is C19H27NO2. The lowest BCUT2D eigenvalue weighted by atomic mass is 9.84. The van der Waals surface area contributed by atoms with Gasteiger partial charge in [0, 0.05) is 17.6 Å². The molecule has 0 aliphatic rings. The van der Waals surface area contributed by atoms with Crippen LogP contribution in [0, 0.1) is 13.8 Å². The number of benzene rings is 1. The maximum absolute atomic E-state index is 11.5. The molecule has 0 amide bonds. The van der Waals surface area contributed by atoms with Crippen LogP contribution in [0.15, 0.2) is 12.1 Å². The average Bonchev–Trinajstić information content (AvgIpc) is 2.67. The third-order valence-corrected chi connectivity index (χ3v) is 4.52. The van der Waals surface area contributed by atoms with Crippen LogP contribution in [0.25, 0.3) is 10.9 Å². The molecule has 1 heterocycles. The maximum Gasteiger partial charge on any atom is 0.335 e. The molecule has 0 radical (unpaired) electrons. The van der Waals surface area contributed by atoms with E-state index in [1.165, 1.54) is 16.8 Å². The van der Waals surface area contributed by atoms with Gasteiger partial charge in [-0.1, -0.05) is 34.1 Å². The topological polar surface area (TPSA) is 42.2 Å². The summed E-state index contributed by atoms with van der Waals surface area (Å²) >= 11 is 0. The Labute approximate surface area is 133 Å². The highest BCUT2D eigenvalue weighted by Crippen LogP contribution is 2.36. The van der Waals surface area contributed by atoms with E-state index in [2.05, 4.69) is 46.1 Å². The van der Waals surface area contributed by atoms with Crippen molar-refractivity contribution < 1.29 is 9.90 Å². The smallest absolute Gasteiger partial charge is 0.335 e. The van der Waals surface area contributed by atoms with Gasteiger partial charge in [0.2, 0.25) is 0 Å². The third-order valence-electron chi connectivity index (χ3n) is 4.52. The molecule has 0 fully saturated rings. The van der Waals surface area contributed by atoms with E-state index in [0.717, 1.165) is 30.3 Å². The zero-order valence-electron chi connectivity index (χ0n) is 14.6. The Bertz CT molecular complexity index is 717. The summed E-state index contributed by atoms with van der Waals surface area (Å²) in [6.45, 7) is 13.9. The van der Waals surface area contributed by atoms with E-state index in [1.807, 2.05) is 12.1 Å². The van der Waals surface area contributed by atoms with Crippen molar-refractivity contribution in [2.24, 2.45) is 0 Å². The van der Waals surface area contributed by atoms with Gasteiger partial charge in [0.05, 0.1) is 11.1 Å². The summed E-state index contributed by atoms with van der Waals surface area (Å²) in [5.74, 6) is -0.856. The Morgan fingerprint density at radius 3 is 2.36 bits per heavy atom. The van der Waals surface area contributed by atoms with Gasteiger partial charge in [-0.25, -0.2) is 4.79 Å². The van der Waals surface area contributed by atoms with E-state index in [9.17, 15) is 9.90 Å². The van der Waals surface area contributed by atoms with Gasteiger partial charge in [0.1, 0.15) is 0 Å². The highest BCUT2D eigenvalue weighted by atomic mass is 16.4. The Hall–Kier alpha value is -1.77. The zero-order valence-corrected chi connectivity index (χ0v) is 14.6. The van der Waals surface area contributed by atoms with E-state index in [1.54, 1.807) is 0 Å². The summed E-state index contributed by atoms with van der Waals surface area (Å²) in [5, 5.41) is 10.5.